The highest BCUT2D eigenvalue weighted by Crippen LogP contribution is 2.44. The highest BCUT2D eigenvalue weighted by Gasteiger charge is 2.21. The summed E-state index contributed by atoms with van der Waals surface area (Å²) < 4.78 is 6.67. The van der Waals surface area contributed by atoms with Gasteiger partial charge in [0.15, 0.2) is 17.5 Å². The third-order valence-corrected chi connectivity index (χ3v) is 9.68. The van der Waals surface area contributed by atoms with Gasteiger partial charge in [-0.25, -0.2) is 15.0 Å². The van der Waals surface area contributed by atoms with E-state index in [9.17, 15) is 0 Å². The maximum absolute atomic E-state index is 6.67. The van der Waals surface area contributed by atoms with E-state index in [1.54, 1.807) is 0 Å². The minimum absolute atomic E-state index is 0.596. The Morgan fingerprint density at radius 3 is 1.69 bits per heavy atom. The molecule has 0 saturated carbocycles. The molecule has 0 saturated heterocycles. The van der Waals surface area contributed by atoms with Gasteiger partial charge in [-0.3, -0.25) is 0 Å². The molecule has 244 valence electrons. The number of aromatic nitrogens is 3. The summed E-state index contributed by atoms with van der Waals surface area (Å²) in [5.41, 5.74) is 7.47. The number of anilines is 3. The first-order chi connectivity index (χ1) is 25.8. The summed E-state index contributed by atoms with van der Waals surface area (Å²) in [4.78, 5) is 17.3. The molecule has 2 aromatic heterocycles. The summed E-state index contributed by atoms with van der Waals surface area (Å²) in [6.07, 6.45) is 0. The van der Waals surface area contributed by atoms with E-state index in [1.165, 1.54) is 21.5 Å². The van der Waals surface area contributed by atoms with E-state index in [4.69, 9.17) is 19.4 Å². The summed E-state index contributed by atoms with van der Waals surface area (Å²) >= 11 is 0. The number of furan rings is 1. The van der Waals surface area contributed by atoms with Crippen molar-refractivity contribution < 1.29 is 4.42 Å². The van der Waals surface area contributed by atoms with Gasteiger partial charge in [0.05, 0.1) is 5.69 Å². The van der Waals surface area contributed by atoms with Crippen molar-refractivity contribution in [3.05, 3.63) is 182 Å². The van der Waals surface area contributed by atoms with Crippen LogP contribution in [0.4, 0.5) is 17.1 Å². The van der Waals surface area contributed by atoms with Gasteiger partial charge in [-0.05, 0) is 52.6 Å². The minimum atomic E-state index is 0.596. The molecule has 0 atom stereocenters. The Hall–Kier alpha value is -7.11. The second-order valence-electron chi connectivity index (χ2n) is 12.8. The molecular weight excluding hydrogens is 637 g/mol. The van der Waals surface area contributed by atoms with E-state index in [1.807, 2.05) is 72.8 Å². The van der Waals surface area contributed by atoms with E-state index < -0.39 is 0 Å². The molecule has 0 fully saturated rings. The van der Waals surface area contributed by atoms with E-state index in [0.29, 0.717) is 17.5 Å². The monoisotopic (exact) mass is 666 g/mol. The molecule has 0 N–H and O–H groups in total. The molecule has 0 spiro atoms. The maximum Gasteiger partial charge on any atom is 0.164 e. The Bertz CT molecular complexity index is 2850. The molecular formula is C47H30N4O. The first kappa shape index (κ1) is 29.8. The van der Waals surface area contributed by atoms with Crippen LogP contribution in [0.3, 0.4) is 0 Å². The Morgan fingerprint density at radius 2 is 0.981 bits per heavy atom. The molecule has 0 radical (unpaired) electrons. The number of hydrogen-bond donors (Lipinski definition) is 0. The highest BCUT2D eigenvalue weighted by molar-refractivity contribution is 6.16. The van der Waals surface area contributed by atoms with Crippen molar-refractivity contribution in [2.75, 3.05) is 4.90 Å². The summed E-state index contributed by atoms with van der Waals surface area (Å²) in [6.45, 7) is 0. The molecule has 5 heteroatoms. The quantitative estimate of drug-likeness (QED) is 0.165. The van der Waals surface area contributed by atoms with Crippen LogP contribution in [0.5, 0.6) is 0 Å². The topological polar surface area (TPSA) is 55.1 Å². The van der Waals surface area contributed by atoms with Crippen LogP contribution >= 0.6 is 0 Å². The summed E-state index contributed by atoms with van der Waals surface area (Å²) in [6, 6.07) is 62.8. The van der Waals surface area contributed by atoms with Crippen LogP contribution in [0.2, 0.25) is 0 Å². The lowest BCUT2D eigenvalue weighted by Crippen LogP contribution is -2.10. The third kappa shape index (κ3) is 5.07. The fourth-order valence-corrected chi connectivity index (χ4v) is 7.29. The average Bonchev–Trinajstić information content (AvgIpc) is 3.60. The van der Waals surface area contributed by atoms with Crippen molar-refractivity contribution in [2.45, 2.75) is 0 Å². The molecule has 0 aliphatic heterocycles. The fraction of sp³-hybridized carbons (Fsp3) is 0. The SMILES string of the molecule is c1ccc(-c2nc(-c3ccccc3)nc(-c3cccc4oc5cc(N(c6ccccc6)c6cc7ccccc7c7ccccc67)ccc5c34)n2)cc1. The number of para-hydroxylation sites is 1. The van der Waals surface area contributed by atoms with Crippen LogP contribution in [0.1, 0.15) is 0 Å². The molecule has 0 amide bonds. The molecule has 10 aromatic rings. The van der Waals surface area contributed by atoms with Gasteiger partial charge in [0.25, 0.3) is 0 Å². The Balaban J connectivity index is 1.18. The van der Waals surface area contributed by atoms with E-state index in [-0.39, 0.29) is 0 Å². The lowest BCUT2D eigenvalue weighted by Gasteiger charge is -2.27. The van der Waals surface area contributed by atoms with E-state index in [0.717, 1.165) is 55.7 Å². The average molecular weight is 667 g/mol. The summed E-state index contributed by atoms with van der Waals surface area (Å²) in [5, 5.41) is 6.78. The Kier molecular flexibility index (Phi) is 7.07. The van der Waals surface area contributed by atoms with Crippen molar-refractivity contribution in [1.29, 1.82) is 0 Å². The van der Waals surface area contributed by atoms with Gasteiger partial charge in [0, 0.05) is 50.3 Å². The number of rotatable bonds is 6. The second-order valence-corrected chi connectivity index (χ2v) is 12.8. The lowest BCUT2D eigenvalue weighted by atomic mass is 9.99. The largest absolute Gasteiger partial charge is 0.456 e. The van der Waals surface area contributed by atoms with Gasteiger partial charge in [-0.2, -0.15) is 0 Å². The third-order valence-electron chi connectivity index (χ3n) is 9.68. The first-order valence-electron chi connectivity index (χ1n) is 17.4. The van der Waals surface area contributed by atoms with Crippen LogP contribution in [-0.2, 0) is 0 Å². The van der Waals surface area contributed by atoms with Gasteiger partial charge in [0.2, 0.25) is 0 Å². The lowest BCUT2D eigenvalue weighted by molar-refractivity contribution is 0.669. The molecule has 0 aliphatic rings. The van der Waals surface area contributed by atoms with Crippen molar-refractivity contribution in [3.63, 3.8) is 0 Å². The Morgan fingerprint density at radius 1 is 0.385 bits per heavy atom. The van der Waals surface area contributed by atoms with Crippen molar-refractivity contribution >= 4 is 60.5 Å². The standard InChI is InChI=1S/C47H30N4O/c1-4-15-31(16-5-1)45-48-46(32-17-6-2-7-18-32)50-47(49-45)40-25-14-26-42-44(40)39-28-27-35(30-43(39)52-42)51(34-20-8-3-9-21-34)41-29-33-19-10-11-22-36(33)37-23-12-13-24-38(37)41/h1-30H. The molecule has 10 rings (SSSR count). The van der Waals surface area contributed by atoms with Crippen molar-refractivity contribution in [1.82, 2.24) is 15.0 Å². The van der Waals surface area contributed by atoms with Gasteiger partial charge < -0.3 is 9.32 Å². The predicted octanol–water partition coefficient (Wildman–Crippen LogP) is 12.5. The highest BCUT2D eigenvalue weighted by atomic mass is 16.3. The van der Waals surface area contributed by atoms with Gasteiger partial charge >= 0.3 is 0 Å². The molecule has 0 bridgehead atoms. The van der Waals surface area contributed by atoms with Crippen LogP contribution < -0.4 is 4.90 Å². The van der Waals surface area contributed by atoms with Crippen LogP contribution in [-0.4, -0.2) is 15.0 Å². The molecule has 52 heavy (non-hydrogen) atoms. The van der Waals surface area contributed by atoms with Gasteiger partial charge in [-0.1, -0.05) is 140 Å². The van der Waals surface area contributed by atoms with E-state index in [2.05, 4.69) is 114 Å². The van der Waals surface area contributed by atoms with E-state index >= 15 is 0 Å². The smallest absolute Gasteiger partial charge is 0.164 e. The second kappa shape index (κ2) is 12.3. The zero-order chi connectivity index (χ0) is 34.4. The number of hydrogen-bond acceptors (Lipinski definition) is 5. The van der Waals surface area contributed by atoms with Crippen LogP contribution in [0.15, 0.2) is 186 Å². The predicted molar refractivity (Wildman–Crippen MR) is 213 cm³/mol. The number of nitrogens with zero attached hydrogens (tertiary/aromatic N) is 4. The Labute approximate surface area is 300 Å². The van der Waals surface area contributed by atoms with Crippen molar-refractivity contribution in [2.24, 2.45) is 0 Å². The molecule has 8 aromatic carbocycles. The molecule has 0 unspecified atom stereocenters. The molecule has 5 nitrogen and oxygen atoms in total. The number of benzene rings is 8. The minimum Gasteiger partial charge on any atom is -0.456 e. The molecule has 0 aliphatic carbocycles. The first-order valence-corrected chi connectivity index (χ1v) is 17.4. The van der Waals surface area contributed by atoms with Gasteiger partial charge in [0.1, 0.15) is 11.2 Å². The van der Waals surface area contributed by atoms with Crippen LogP contribution in [0, 0.1) is 0 Å². The molecule has 2 heterocycles. The zero-order valence-electron chi connectivity index (χ0n) is 28.0. The fourth-order valence-electron chi connectivity index (χ4n) is 7.29. The van der Waals surface area contributed by atoms with Crippen LogP contribution in [0.25, 0.3) is 77.6 Å². The normalized spacial score (nSPS) is 11.5. The number of fused-ring (bicyclic) bond motifs is 6. The van der Waals surface area contributed by atoms with Gasteiger partial charge in [-0.15, -0.1) is 0 Å². The summed E-state index contributed by atoms with van der Waals surface area (Å²) in [5.74, 6) is 1.84. The zero-order valence-corrected chi connectivity index (χ0v) is 28.0. The summed E-state index contributed by atoms with van der Waals surface area (Å²) in [7, 11) is 0. The van der Waals surface area contributed by atoms with Crippen molar-refractivity contribution in [3.8, 4) is 34.2 Å². The maximum atomic E-state index is 6.67.